The highest BCUT2D eigenvalue weighted by Gasteiger charge is 2.42. The molecule has 2 fully saturated rings. The Morgan fingerprint density at radius 2 is 1.77 bits per heavy atom. The molecule has 1 aromatic heterocycles. The van der Waals surface area contributed by atoms with Gasteiger partial charge in [-0.2, -0.15) is 5.10 Å². The highest BCUT2D eigenvalue weighted by atomic mass is 16.2. The Kier molecular flexibility index (Phi) is 6.86. The summed E-state index contributed by atoms with van der Waals surface area (Å²) < 4.78 is 2.03. The summed E-state index contributed by atoms with van der Waals surface area (Å²) >= 11 is 0. The first kappa shape index (κ1) is 21.1. The van der Waals surface area contributed by atoms with Crippen LogP contribution in [0.25, 0.3) is 0 Å². The molecule has 0 atom stereocenters. The van der Waals surface area contributed by atoms with E-state index in [1.165, 1.54) is 49.7 Å². The normalized spacial score (nSPS) is 20.1. The predicted octanol–water partition coefficient (Wildman–Crippen LogP) is 4.80. The molecule has 1 aromatic carbocycles. The van der Waals surface area contributed by atoms with Gasteiger partial charge in [0.1, 0.15) is 12.7 Å². The Hall–Kier alpha value is -2.17. The molecule has 0 N–H and O–H groups in total. The Labute approximate surface area is 180 Å². The molecule has 0 spiro atoms. The first-order valence-corrected chi connectivity index (χ1v) is 11.8. The molecule has 1 amide bonds. The molecule has 5 heteroatoms. The fraction of sp³-hybridized carbons (Fsp3) is 0.640. The van der Waals surface area contributed by atoms with E-state index in [1.807, 2.05) is 11.0 Å². The van der Waals surface area contributed by atoms with Gasteiger partial charge in [-0.05, 0) is 55.9 Å². The van der Waals surface area contributed by atoms with E-state index < -0.39 is 0 Å². The van der Waals surface area contributed by atoms with E-state index in [0.717, 1.165) is 44.8 Å². The lowest BCUT2D eigenvalue weighted by atomic mass is 9.66. The Bertz CT molecular complexity index is 783. The number of carbonyl (C=O) groups excluding carboxylic acids is 1. The van der Waals surface area contributed by atoms with E-state index in [1.54, 1.807) is 6.33 Å². The average Bonchev–Trinajstić information content (AvgIpc) is 3.11. The minimum Gasteiger partial charge on any atom is -0.343 e. The summed E-state index contributed by atoms with van der Waals surface area (Å²) in [5.74, 6) is 1.06. The number of piperidine rings is 1. The molecule has 0 unspecified atom stereocenters. The van der Waals surface area contributed by atoms with Crippen LogP contribution in [-0.2, 0) is 17.8 Å². The van der Waals surface area contributed by atoms with Crippen molar-refractivity contribution in [1.29, 1.82) is 0 Å². The fourth-order valence-corrected chi connectivity index (χ4v) is 5.59. The third-order valence-electron chi connectivity index (χ3n) is 7.52. The van der Waals surface area contributed by atoms with Gasteiger partial charge in [0.15, 0.2) is 0 Å². The molecule has 5 nitrogen and oxygen atoms in total. The molecule has 162 valence electrons. The smallest absolute Gasteiger partial charge is 0.222 e. The van der Waals surface area contributed by atoms with Gasteiger partial charge in [-0.25, -0.2) is 4.98 Å². The number of aromatic nitrogens is 3. The van der Waals surface area contributed by atoms with Gasteiger partial charge in [0.2, 0.25) is 5.91 Å². The number of nitrogens with zero attached hydrogens (tertiary/aromatic N) is 4. The molecular formula is C25H36N4O. The van der Waals surface area contributed by atoms with E-state index in [9.17, 15) is 4.79 Å². The maximum absolute atomic E-state index is 12.9. The molecular weight excluding hydrogens is 372 g/mol. The zero-order chi connectivity index (χ0) is 20.8. The van der Waals surface area contributed by atoms with Crippen molar-refractivity contribution in [2.45, 2.75) is 77.7 Å². The van der Waals surface area contributed by atoms with Crippen LogP contribution in [0.4, 0.5) is 0 Å². The number of aryl methyl sites for hydroxylation is 2. The first-order chi connectivity index (χ1) is 14.6. The second-order valence-corrected chi connectivity index (χ2v) is 9.51. The number of hydrogen-bond donors (Lipinski definition) is 0. The molecule has 0 radical (unpaired) electrons. The number of hydrogen-bond acceptors (Lipinski definition) is 3. The van der Waals surface area contributed by atoms with Gasteiger partial charge < -0.3 is 4.90 Å². The van der Waals surface area contributed by atoms with Crippen LogP contribution in [0.15, 0.2) is 36.9 Å². The van der Waals surface area contributed by atoms with Crippen molar-refractivity contribution in [3.8, 4) is 0 Å². The van der Waals surface area contributed by atoms with Gasteiger partial charge in [-0.1, -0.05) is 55.5 Å². The Balaban J connectivity index is 1.38. The number of likely N-dealkylation sites (tertiary alicyclic amines) is 1. The third kappa shape index (κ3) is 5.11. The van der Waals surface area contributed by atoms with Gasteiger partial charge >= 0.3 is 0 Å². The molecule has 1 saturated heterocycles. The Morgan fingerprint density at radius 1 is 1.07 bits per heavy atom. The lowest BCUT2D eigenvalue weighted by molar-refractivity contribution is -0.134. The summed E-state index contributed by atoms with van der Waals surface area (Å²) in [6.07, 6.45) is 15.2. The second-order valence-electron chi connectivity index (χ2n) is 9.51. The molecule has 2 heterocycles. The van der Waals surface area contributed by atoms with Crippen molar-refractivity contribution in [2.24, 2.45) is 11.3 Å². The van der Waals surface area contributed by atoms with Crippen molar-refractivity contribution in [2.75, 3.05) is 13.1 Å². The number of rotatable bonds is 6. The SMILES string of the molecule is Cc1ccc(CCC(=O)N2CCC(Cn3cncn3)(C3CCCCCC3)CC2)cc1. The minimum atomic E-state index is 0.256. The van der Waals surface area contributed by atoms with Gasteiger partial charge in [-0.15, -0.1) is 0 Å². The summed E-state index contributed by atoms with van der Waals surface area (Å²) in [6, 6.07) is 8.56. The minimum absolute atomic E-state index is 0.256. The summed E-state index contributed by atoms with van der Waals surface area (Å²) in [7, 11) is 0. The van der Waals surface area contributed by atoms with Crippen LogP contribution >= 0.6 is 0 Å². The van der Waals surface area contributed by atoms with Gasteiger partial charge in [0.05, 0.1) is 0 Å². The largest absolute Gasteiger partial charge is 0.343 e. The highest BCUT2D eigenvalue weighted by Crippen LogP contribution is 2.46. The molecule has 4 rings (SSSR count). The molecule has 1 aliphatic carbocycles. The predicted molar refractivity (Wildman–Crippen MR) is 119 cm³/mol. The lowest BCUT2D eigenvalue weighted by Gasteiger charge is -2.46. The Morgan fingerprint density at radius 3 is 2.40 bits per heavy atom. The zero-order valence-electron chi connectivity index (χ0n) is 18.4. The molecule has 1 saturated carbocycles. The second kappa shape index (κ2) is 9.76. The first-order valence-electron chi connectivity index (χ1n) is 11.8. The van der Waals surface area contributed by atoms with Crippen molar-refractivity contribution in [3.05, 3.63) is 48.0 Å². The van der Waals surface area contributed by atoms with Gasteiger partial charge in [-0.3, -0.25) is 9.48 Å². The standard InChI is InChI=1S/C25H36N4O/c1-21-8-10-22(11-9-21)12-13-24(30)28-16-14-25(15-17-28,18-29-20-26-19-27-29)23-6-4-2-3-5-7-23/h8-11,19-20,23H,2-7,12-18H2,1H3. The molecule has 30 heavy (non-hydrogen) atoms. The molecule has 2 aromatic rings. The van der Waals surface area contributed by atoms with Gasteiger partial charge in [0, 0.05) is 26.1 Å². The summed E-state index contributed by atoms with van der Waals surface area (Å²) in [6.45, 7) is 4.82. The van der Waals surface area contributed by atoms with E-state index in [2.05, 4.69) is 46.2 Å². The third-order valence-corrected chi connectivity index (χ3v) is 7.52. The monoisotopic (exact) mass is 408 g/mol. The number of carbonyl (C=O) groups is 1. The summed E-state index contributed by atoms with van der Waals surface area (Å²) in [5, 5.41) is 4.42. The summed E-state index contributed by atoms with van der Waals surface area (Å²) in [4.78, 5) is 19.2. The van der Waals surface area contributed by atoms with Crippen LogP contribution in [0.3, 0.4) is 0 Å². The molecule has 2 aliphatic rings. The number of amides is 1. The number of benzene rings is 1. The average molecular weight is 409 g/mol. The van der Waals surface area contributed by atoms with Crippen LogP contribution in [0.2, 0.25) is 0 Å². The van der Waals surface area contributed by atoms with E-state index in [-0.39, 0.29) is 5.41 Å². The molecule has 0 bridgehead atoms. The summed E-state index contributed by atoms with van der Waals surface area (Å²) in [5.41, 5.74) is 2.78. The van der Waals surface area contributed by atoms with E-state index >= 15 is 0 Å². The van der Waals surface area contributed by atoms with Crippen LogP contribution in [-0.4, -0.2) is 38.7 Å². The quantitative estimate of drug-likeness (QED) is 0.645. The van der Waals surface area contributed by atoms with Crippen LogP contribution < -0.4 is 0 Å². The van der Waals surface area contributed by atoms with Crippen molar-refractivity contribution in [3.63, 3.8) is 0 Å². The molecule has 1 aliphatic heterocycles. The lowest BCUT2D eigenvalue weighted by Crippen LogP contribution is -2.48. The van der Waals surface area contributed by atoms with Crippen LogP contribution in [0.5, 0.6) is 0 Å². The van der Waals surface area contributed by atoms with Crippen LogP contribution in [0, 0.1) is 18.3 Å². The van der Waals surface area contributed by atoms with Crippen LogP contribution in [0.1, 0.15) is 68.9 Å². The van der Waals surface area contributed by atoms with E-state index in [0.29, 0.717) is 12.3 Å². The highest BCUT2D eigenvalue weighted by molar-refractivity contribution is 5.76. The maximum Gasteiger partial charge on any atom is 0.222 e. The van der Waals surface area contributed by atoms with Crippen molar-refractivity contribution < 1.29 is 4.79 Å². The van der Waals surface area contributed by atoms with Crippen molar-refractivity contribution in [1.82, 2.24) is 19.7 Å². The van der Waals surface area contributed by atoms with E-state index in [4.69, 9.17) is 0 Å². The maximum atomic E-state index is 12.9. The van der Waals surface area contributed by atoms with Gasteiger partial charge in [0.25, 0.3) is 0 Å². The fourth-order valence-electron chi connectivity index (χ4n) is 5.59. The topological polar surface area (TPSA) is 51.0 Å². The zero-order valence-corrected chi connectivity index (χ0v) is 18.4. The van der Waals surface area contributed by atoms with Crippen molar-refractivity contribution >= 4 is 5.91 Å².